The first-order chi connectivity index (χ1) is 18.7. The minimum Gasteiger partial charge on any atom is -0.494 e. The van der Waals surface area contributed by atoms with Crippen molar-refractivity contribution < 1.29 is 14.3 Å². The summed E-state index contributed by atoms with van der Waals surface area (Å²) in [6.07, 6.45) is 2.93. The quantitative estimate of drug-likeness (QED) is 0.378. The van der Waals surface area contributed by atoms with Crippen LogP contribution in [0.3, 0.4) is 0 Å². The zero-order valence-electron chi connectivity index (χ0n) is 22.9. The highest BCUT2D eigenvalue weighted by Gasteiger charge is 2.31. The summed E-state index contributed by atoms with van der Waals surface area (Å²) in [7, 11) is 9.28. The van der Waals surface area contributed by atoms with E-state index in [0.717, 1.165) is 24.3 Å². The number of fused-ring (bicyclic) bond motifs is 1. The lowest BCUT2D eigenvalue weighted by molar-refractivity contribution is -0.111. The molecule has 3 amide bonds. The van der Waals surface area contributed by atoms with E-state index >= 15 is 0 Å². The average Bonchev–Trinajstić information content (AvgIpc) is 2.93. The number of ether oxygens (including phenoxy) is 1. The number of carbonyl (C=O) groups excluding carboxylic acids is 2. The van der Waals surface area contributed by atoms with E-state index in [1.807, 2.05) is 62.4 Å². The third-order valence-electron chi connectivity index (χ3n) is 6.29. The summed E-state index contributed by atoms with van der Waals surface area (Å²) in [6, 6.07) is 12.8. The van der Waals surface area contributed by atoms with E-state index in [-0.39, 0.29) is 17.9 Å². The molecule has 0 unspecified atom stereocenters. The third-order valence-corrected chi connectivity index (χ3v) is 6.29. The SMILES string of the molecule is C=CC(=O)Nc1cc(Nc2ncc3c(n2)N(c2ccccc2)C(=O)N(C)C3)c(OC)cc1N(C)CCN(C)C. The number of likely N-dealkylation sites (N-methyl/N-ethyl adjacent to an activating group) is 2. The lowest BCUT2D eigenvalue weighted by Gasteiger charge is -2.34. The molecule has 1 aliphatic rings. The Morgan fingerprint density at radius 2 is 1.90 bits per heavy atom. The van der Waals surface area contributed by atoms with Crippen LogP contribution in [0.4, 0.5) is 39.3 Å². The fraction of sp³-hybridized carbons (Fsp3) is 0.286. The van der Waals surface area contributed by atoms with Gasteiger partial charge in [-0.25, -0.2) is 14.7 Å². The van der Waals surface area contributed by atoms with Crippen LogP contribution < -0.4 is 25.2 Å². The van der Waals surface area contributed by atoms with Gasteiger partial charge in [0.15, 0.2) is 5.82 Å². The van der Waals surface area contributed by atoms with Gasteiger partial charge in [0.05, 0.1) is 36.4 Å². The van der Waals surface area contributed by atoms with Gasteiger partial charge < -0.3 is 30.1 Å². The van der Waals surface area contributed by atoms with Gasteiger partial charge >= 0.3 is 6.03 Å². The predicted octanol–water partition coefficient (Wildman–Crippen LogP) is 4.05. The van der Waals surface area contributed by atoms with Gasteiger partial charge in [-0.1, -0.05) is 24.8 Å². The molecule has 39 heavy (non-hydrogen) atoms. The Morgan fingerprint density at radius 1 is 1.15 bits per heavy atom. The first-order valence-electron chi connectivity index (χ1n) is 12.5. The number of nitrogens with zero attached hydrogens (tertiary/aromatic N) is 6. The molecule has 0 atom stereocenters. The monoisotopic (exact) mass is 530 g/mol. The number of nitrogens with one attached hydrogen (secondary N) is 2. The fourth-order valence-electron chi connectivity index (χ4n) is 4.18. The van der Waals surface area contributed by atoms with E-state index < -0.39 is 0 Å². The Morgan fingerprint density at radius 3 is 2.56 bits per heavy atom. The van der Waals surface area contributed by atoms with Crippen LogP contribution in [0.5, 0.6) is 5.75 Å². The highest BCUT2D eigenvalue weighted by atomic mass is 16.5. The van der Waals surface area contributed by atoms with Crippen molar-refractivity contribution in [2.45, 2.75) is 6.54 Å². The molecule has 204 valence electrons. The first-order valence-corrected chi connectivity index (χ1v) is 12.5. The van der Waals surface area contributed by atoms with E-state index in [1.54, 1.807) is 36.2 Å². The summed E-state index contributed by atoms with van der Waals surface area (Å²) >= 11 is 0. The molecule has 0 fully saturated rings. The van der Waals surface area contributed by atoms with Crippen LogP contribution in [0.25, 0.3) is 0 Å². The van der Waals surface area contributed by atoms with Crippen molar-refractivity contribution in [3.05, 3.63) is 66.9 Å². The molecule has 2 aromatic carbocycles. The van der Waals surface area contributed by atoms with Crippen LogP contribution in [-0.2, 0) is 11.3 Å². The Labute approximate surface area is 228 Å². The number of carbonyl (C=O) groups is 2. The second-order valence-corrected chi connectivity index (χ2v) is 9.46. The van der Waals surface area contributed by atoms with Gasteiger partial charge in [-0.05, 0) is 38.4 Å². The van der Waals surface area contributed by atoms with E-state index in [9.17, 15) is 9.59 Å². The van der Waals surface area contributed by atoms with Gasteiger partial charge in [-0.2, -0.15) is 4.98 Å². The average molecular weight is 531 g/mol. The zero-order chi connectivity index (χ0) is 28.1. The lowest BCUT2D eigenvalue weighted by atomic mass is 10.2. The largest absolute Gasteiger partial charge is 0.494 e. The maximum atomic E-state index is 13.1. The van der Waals surface area contributed by atoms with Crippen LogP contribution in [0.1, 0.15) is 5.56 Å². The number of hydrogen-bond acceptors (Lipinski definition) is 8. The molecule has 0 aliphatic carbocycles. The predicted molar refractivity (Wildman–Crippen MR) is 154 cm³/mol. The molecule has 3 aromatic rings. The fourth-order valence-corrected chi connectivity index (χ4v) is 4.18. The smallest absolute Gasteiger partial charge is 0.330 e. The molecule has 0 saturated carbocycles. The van der Waals surface area contributed by atoms with E-state index in [0.29, 0.717) is 35.2 Å². The van der Waals surface area contributed by atoms with Crippen molar-refractivity contribution in [2.75, 3.05) is 68.8 Å². The van der Waals surface area contributed by atoms with Crippen LogP contribution in [-0.4, -0.2) is 80.1 Å². The Hall–Kier alpha value is -4.64. The highest BCUT2D eigenvalue weighted by molar-refractivity contribution is 6.02. The standard InChI is InChI=1S/C28H34N8O3/c1-7-25(37)30-21-15-22(24(39-6)16-23(21)34(4)14-13-33(2)3)31-27-29-17-19-18-35(5)28(38)36(26(19)32-27)20-11-9-8-10-12-20/h7-12,15-17H,1,13-14,18H2,2-6H3,(H,30,37)(H,29,31,32). The van der Waals surface area contributed by atoms with Gasteiger partial charge in [-0.15, -0.1) is 0 Å². The number of aromatic nitrogens is 2. The summed E-state index contributed by atoms with van der Waals surface area (Å²) in [6.45, 7) is 5.52. The van der Waals surface area contributed by atoms with Crippen molar-refractivity contribution in [2.24, 2.45) is 0 Å². The zero-order valence-corrected chi connectivity index (χ0v) is 22.9. The van der Waals surface area contributed by atoms with E-state index in [4.69, 9.17) is 9.72 Å². The molecule has 0 bridgehead atoms. The highest BCUT2D eigenvalue weighted by Crippen LogP contribution is 2.39. The lowest BCUT2D eigenvalue weighted by Crippen LogP contribution is -2.43. The third kappa shape index (κ3) is 6.10. The van der Waals surface area contributed by atoms with Crippen molar-refractivity contribution in [3.63, 3.8) is 0 Å². The summed E-state index contributed by atoms with van der Waals surface area (Å²) in [4.78, 5) is 41.9. The summed E-state index contributed by atoms with van der Waals surface area (Å²) < 4.78 is 5.70. The van der Waals surface area contributed by atoms with Crippen LogP contribution in [0, 0.1) is 0 Å². The number of amides is 3. The number of rotatable bonds is 10. The van der Waals surface area contributed by atoms with Crippen molar-refractivity contribution in [1.29, 1.82) is 0 Å². The number of para-hydroxylation sites is 1. The van der Waals surface area contributed by atoms with E-state index in [1.165, 1.54) is 6.08 Å². The second-order valence-electron chi connectivity index (χ2n) is 9.46. The number of hydrogen-bond donors (Lipinski definition) is 2. The molecular weight excluding hydrogens is 496 g/mol. The molecule has 4 rings (SSSR count). The van der Waals surface area contributed by atoms with Crippen LogP contribution in [0.2, 0.25) is 0 Å². The summed E-state index contributed by atoms with van der Waals surface area (Å²) in [5, 5.41) is 6.11. The minimum absolute atomic E-state index is 0.185. The van der Waals surface area contributed by atoms with E-state index in [2.05, 4.69) is 27.1 Å². The van der Waals surface area contributed by atoms with Gasteiger partial charge in [0.25, 0.3) is 0 Å². The second kappa shape index (κ2) is 11.8. The number of methoxy groups -OCH3 is 1. The van der Waals surface area contributed by atoms with Crippen molar-refractivity contribution in [3.8, 4) is 5.75 Å². The van der Waals surface area contributed by atoms with Gasteiger partial charge in [0.1, 0.15) is 5.75 Å². The first kappa shape index (κ1) is 27.4. The van der Waals surface area contributed by atoms with Gasteiger partial charge in [-0.3, -0.25) is 4.79 Å². The topological polar surface area (TPSA) is 106 Å². The molecule has 1 aliphatic heterocycles. The van der Waals surface area contributed by atoms with Crippen LogP contribution >= 0.6 is 0 Å². The minimum atomic E-state index is -0.334. The van der Waals surface area contributed by atoms with Crippen molar-refractivity contribution >= 4 is 46.5 Å². The van der Waals surface area contributed by atoms with Crippen LogP contribution in [0.15, 0.2) is 61.3 Å². The van der Waals surface area contributed by atoms with Gasteiger partial charge in [0, 0.05) is 45.0 Å². The molecular formula is C28H34N8O3. The number of urea groups is 1. The number of benzene rings is 2. The molecule has 11 heteroatoms. The number of anilines is 6. The Kier molecular flexibility index (Phi) is 8.30. The maximum absolute atomic E-state index is 13.1. The molecule has 0 spiro atoms. The molecule has 11 nitrogen and oxygen atoms in total. The molecule has 0 saturated heterocycles. The normalized spacial score (nSPS) is 12.7. The maximum Gasteiger partial charge on any atom is 0.330 e. The summed E-state index contributed by atoms with van der Waals surface area (Å²) in [5.41, 5.74) is 3.43. The molecule has 2 heterocycles. The molecule has 0 radical (unpaired) electrons. The Bertz CT molecular complexity index is 1360. The Balaban J connectivity index is 1.73. The molecule has 1 aromatic heterocycles. The van der Waals surface area contributed by atoms with Gasteiger partial charge in [0.2, 0.25) is 11.9 Å². The van der Waals surface area contributed by atoms with Crippen molar-refractivity contribution in [1.82, 2.24) is 19.8 Å². The molecule has 2 N–H and O–H groups in total. The summed E-state index contributed by atoms with van der Waals surface area (Å²) in [5.74, 6) is 0.982.